The molecule has 0 fully saturated rings. The molecule has 12 aromatic rings. The molecule has 0 atom stereocenters. The summed E-state index contributed by atoms with van der Waals surface area (Å²) in [5.74, 6) is 0. The molecule has 12 rings (SSSR count). The van der Waals surface area contributed by atoms with E-state index in [1.165, 1.54) is 92.5 Å². The lowest BCUT2D eigenvalue weighted by Gasteiger charge is -2.26. The van der Waals surface area contributed by atoms with E-state index in [2.05, 4.69) is 264 Å². The van der Waals surface area contributed by atoms with Gasteiger partial charge in [-0.15, -0.1) is 11.3 Å². The van der Waals surface area contributed by atoms with E-state index in [0.717, 1.165) is 17.1 Å². The van der Waals surface area contributed by atoms with Crippen LogP contribution in [0.5, 0.6) is 0 Å². The van der Waals surface area contributed by atoms with Crippen molar-refractivity contribution >= 4 is 59.6 Å². The summed E-state index contributed by atoms with van der Waals surface area (Å²) in [5, 5.41) is 2.55. The van der Waals surface area contributed by atoms with Crippen LogP contribution in [0.4, 0.5) is 17.1 Å². The molecule has 0 N–H and O–H groups in total. The minimum absolute atomic E-state index is 1.09. The van der Waals surface area contributed by atoms with E-state index in [4.69, 9.17) is 0 Å². The molecule has 0 aliphatic heterocycles. The molecule has 3 heteroatoms. The van der Waals surface area contributed by atoms with Crippen molar-refractivity contribution in [2.45, 2.75) is 0 Å². The van der Waals surface area contributed by atoms with Gasteiger partial charge in [-0.3, -0.25) is 0 Å². The molecule has 0 saturated heterocycles. The molecule has 0 spiro atoms. The average molecular weight is 847 g/mol. The van der Waals surface area contributed by atoms with Crippen LogP contribution in [0.2, 0.25) is 0 Å². The maximum absolute atomic E-state index is 2.44. The minimum atomic E-state index is 1.09. The number of para-hydroxylation sites is 2. The summed E-state index contributed by atoms with van der Waals surface area (Å²) in [6, 6.07) is 92.3. The number of benzene rings is 10. The van der Waals surface area contributed by atoms with Crippen LogP contribution >= 0.6 is 11.3 Å². The van der Waals surface area contributed by atoms with E-state index in [-0.39, 0.29) is 0 Å². The molecule has 2 aromatic heterocycles. The normalized spacial score (nSPS) is 11.4. The predicted molar refractivity (Wildman–Crippen MR) is 278 cm³/mol. The van der Waals surface area contributed by atoms with Crippen molar-refractivity contribution in [3.8, 4) is 61.3 Å². The third-order valence-electron chi connectivity index (χ3n) is 12.6. The van der Waals surface area contributed by atoms with E-state index in [1.54, 1.807) is 0 Å². The van der Waals surface area contributed by atoms with Gasteiger partial charge < -0.3 is 9.47 Å². The van der Waals surface area contributed by atoms with Crippen LogP contribution in [-0.4, -0.2) is 4.57 Å². The summed E-state index contributed by atoms with van der Waals surface area (Å²) in [4.78, 5) is 2.38. The molecule has 0 amide bonds. The second kappa shape index (κ2) is 16.5. The molecule has 10 aromatic carbocycles. The van der Waals surface area contributed by atoms with Gasteiger partial charge in [0.25, 0.3) is 0 Å². The standard InChI is InChI=1S/C62H42N2S/c1-4-14-43(15-5-1)45-26-30-47(31-27-45)49-34-38-53(39-35-49)63(54-40-36-50(37-41-54)48-32-28-46(29-33-48)44-16-6-2-7-17-44)55-21-12-18-51(42-55)56-23-13-24-58-60-62(65-61(56)58)57-22-10-11-25-59(57)64(60)52-19-8-3-9-20-52/h1-42H. The van der Waals surface area contributed by atoms with Crippen molar-refractivity contribution in [3.63, 3.8) is 0 Å². The van der Waals surface area contributed by atoms with Crippen LogP contribution < -0.4 is 4.90 Å². The number of fused-ring (bicyclic) bond motifs is 5. The summed E-state index contributed by atoms with van der Waals surface area (Å²) in [7, 11) is 0. The lowest BCUT2D eigenvalue weighted by Crippen LogP contribution is -2.10. The number of hydrogen-bond donors (Lipinski definition) is 0. The van der Waals surface area contributed by atoms with Gasteiger partial charge >= 0.3 is 0 Å². The van der Waals surface area contributed by atoms with Gasteiger partial charge in [-0.1, -0.05) is 200 Å². The fourth-order valence-electron chi connectivity index (χ4n) is 9.40. The Balaban J connectivity index is 0.943. The summed E-state index contributed by atoms with van der Waals surface area (Å²) < 4.78 is 5.05. The highest BCUT2D eigenvalue weighted by molar-refractivity contribution is 7.27. The third-order valence-corrected chi connectivity index (χ3v) is 13.9. The Bertz CT molecular complexity index is 3460. The zero-order chi connectivity index (χ0) is 43.1. The van der Waals surface area contributed by atoms with Crippen molar-refractivity contribution in [1.82, 2.24) is 4.57 Å². The quantitative estimate of drug-likeness (QED) is 0.140. The Kier molecular flexibility index (Phi) is 9.74. The van der Waals surface area contributed by atoms with E-state index in [1.807, 2.05) is 11.3 Å². The lowest BCUT2D eigenvalue weighted by molar-refractivity contribution is 1.19. The summed E-state index contributed by atoms with van der Waals surface area (Å²) in [6.45, 7) is 0. The number of aromatic nitrogens is 1. The molecule has 0 aliphatic carbocycles. The Hall–Kier alpha value is -8.24. The van der Waals surface area contributed by atoms with Gasteiger partial charge in [0.05, 0.1) is 15.7 Å². The molecule has 2 heterocycles. The molecule has 0 bridgehead atoms. The highest BCUT2D eigenvalue weighted by Gasteiger charge is 2.21. The number of anilines is 3. The molecule has 0 radical (unpaired) electrons. The van der Waals surface area contributed by atoms with Gasteiger partial charge in [0.2, 0.25) is 0 Å². The summed E-state index contributed by atoms with van der Waals surface area (Å²) in [5.41, 5.74) is 19.0. The zero-order valence-corrected chi connectivity index (χ0v) is 36.4. The van der Waals surface area contributed by atoms with Crippen molar-refractivity contribution in [1.29, 1.82) is 0 Å². The second-order valence-corrected chi connectivity index (χ2v) is 17.5. The van der Waals surface area contributed by atoms with E-state index < -0.39 is 0 Å². The average Bonchev–Trinajstić information content (AvgIpc) is 3.93. The van der Waals surface area contributed by atoms with Crippen LogP contribution in [0.1, 0.15) is 0 Å². The van der Waals surface area contributed by atoms with Crippen LogP contribution in [0.25, 0.3) is 92.5 Å². The largest absolute Gasteiger partial charge is 0.310 e. The lowest BCUT2D eigenvalue weighted by atomic mass is 9.99. The molecule has 0 unspecified atom stereocenters. The molecular formula is C62H42N2S. The maximum Gasteiger partial charge on any atom is 0.0727 e. The molecule has 306 valence electrons. The Morgan fingerprint density at radius 3 is 1.25 bits per heavy atom. The number of hydrogen-bond acceptors (Lipinski definition) is 2. The molecule has 2 nitrogen and oxygen atoms in total. The monoisotopic (exact) mass is 846 g/mol. The van der Waals surface area contributed by atoms with Gasteiger partial charge in [0, 0.05) is 38.2 Å². The number of rotatable bonds is 9. The smallest absolute Gasteiger partial charge is 0.0727 e. The van der Waals surface area contributed by atoms with Crippen LogP contribution in [0, 0.1) is 0 Å². The second-order valence-electron chi connectivity index (χ2n) is 16.5. The van der Waals surface area contributed by atoms with Gasteiger partial charge in [0.1, 0.15) is 0 Å². The molecule has 0 aliphatic rings. The Morgan fingerprint density at radius 1 is 0.292 bits per heavy atom. The van der Waals surface area contributed by atoms with E-state index in [9.17, 15) is 0 Å². The SMILES string of the molecule is c1ccc(-c2ccc(-c3ccc(N(c4ccc(-c5ccc(-c6ccccc6)cc5)cc4)c4cccc(-c5cccc6c5sc5c7ccccc7n(-c7ccccc7)c65)c4)cc3)cc2)cc1. The highest BCUT2D eigenvalue weighted by atomic mass is 32.1. The van der Waals surface area contributed by atoms with Crippen molar-refractivity contribution < 1.29 is 0 Å². The first-order valence-electron chi connectivity index (χ1n) is 22.2. The topological polar surface area (TPSA) is 8.17 Å². The van der Waals surface area contributed by atoms with Crippen molar-refractivity contribution in [2.75, 3.05) is 4.90 Å². The molecular weight excluding hydrogens is 805 g/mol. The minimum Gasteiger partial charge on any atom is -0.310 e. The van der Waals surface area contributed by atoms with E-state index in [0.29, 0.717) is 0 Å². The van der Waals surface area contributed by atoms with Gasteiger partial charge in [-0.05, 0) is 110 Å². The molecule has 65 heavy (non-hydrogen) atoms. The van der Waals surface area contributed by atoms with Gasteiger partial charge in [0.15, 0.2) is 0 Å². The van der Waals surface area contributed by atoms with Gasteiger partial charge in [-0.25, -0.2) is 0 Å². The van der Waals surface area contributed by atoms with E-state index >= 15 is 0 Å². The fraction of sp³-hybridized carbons (Fsp3) is 0. The van der Waals surface area contributed by atoms with Crippen molar-refractivity contribution in [2.24, 2.45) is 0 Å². The summed E-state index contributed by atoms with van der Waals surface area (Å²) >= 11 is 1.90. The Labute approximate surface area is 383 Å². The first kappa shape index (κ1) is 38.4. The van der Waals surface area contributed by atoms with Crippen LogP contribution in [-0.2, 0) is 0 Å². The van der Waals surface area contributed by atoms with Crippen molar-refractivity contribution in [3.05, 3.63) is 255 Å². The van der Waals surface area contributed by atoms with Crippen LogP contribution in [0.15, 0.2) is 255 Å². The zero-order valence-electron chi connectivity index (χ0n) is 35.6. The van der Waals surface area contributed by atoms with Gasteiger partial charge in [-0.2, -0.15) is 0 Å². The summed E-state index contributed by atoms with van der Waals surface area (Å²) in [6.07, 6.45) is 0. The number of nitrogens with zero attached hydrogens (tertiary/aromatic N) is 2. The van der Waals surface area contributed by atoms with Crippen LogP contribution in [0.3, 0.4) is 0 Å². The molecule has 0 saturated carbocycles. The fourth-order valence-corrected chi connectivity index (χ4v) is 10.8. The first-order chi connectivity index (χ1) is 32.2. The maximum atomic E-state index is 2.44. The highest BCUT2D eigenvalue weighted by Crippen LogP contribution is 2.46. The first-order valence-corrected chi connectivity index (χ1v) is 23.0. The predicted octanol–water partition coefficient (Wildman–Crippen LogP) is 17.8. The number of thiophene rings is 1. The Morgan fingerprint density at radius 2 is 0.708 bits per heavy atom. The third kappa shape index (κ3) is 7.09.